The molecule has 0 N–H and O–H groups in total. The fourth-order valence-electron chi connectivity index (χ4n) is 2.03. The summed E-state index contributed by atoms with van der Waals surface area (Å²) in [6.07, 6.45) is 0.765. The van der Waals surface area contributed by atoms with E-state index in [2.05, 4.69) is 0 Å². The molecule has 0 fully saturated rings. The molecule has 2 rings (SSSR count). The largest absolute Gasteiger partial charge is 0.344 e. The predicted molar refractivity (Wildman–Crippen MR) is 64.8 cm³/mol. The Balaban J connectivity index is 2.42. The van der Waals surface area contributed by atoms with E-state index in [1.165, 1.54) is 6.07 Å². The van der Waals surface area contributed by atoms with Crippen LogP contribution in [0.1, 0.15) is 27.3 Å². The van der Waals surface area contributed by atoms with E-state index < -0.39 is 11.6 Å². The highest BCUT2D eigenvalue weighted by atomic mass is 19.1. The first-order chi connectivity index (χ1) is 8.52. The van der Waals surface area contributed by atoms with E-state index >= 15 is 0 Å². The molecular weight excluding hydrogens is 236 g/mol. The number of rotatable bonds is 3. The van der Waals surface area contributed by atoms with Gasteiger partial charge in [0.05, 0.1) is 6.54 Å². The van der Waals surface area contributed by atoms with Crippen molar-refractivity contribution in [1.82, 2.24) is 4.57 Å². The molecule has 1 aromatic heterocycles. The molecule has 18 heavy (non-hydrogen) atoms. The summed E-state index contributed by atoms with van der Waals surface area (Å²) in [6, 6.07) is 5.11. The van der Waals surface area contributed by atoms with E-state index in [1.807, 2.05) is 6.92 Å². The number of carbonyl (C=O) groups is 1. The first-order valence-electron chi connectivity index (χ1n) is 5.58. The van der Waals surface area contributed by atoms with E-state index in [0.29, 0.717) is 5.56 Å². The Labute approximate surface area is 104 Å². The number of aryl methyl sites for hydroxylation is 1. The van der Waals surface area contributed by atoms with Crippen molar-refractivity contribution in [2.75, 3.05) is 0 Å². The van der Waals surface area contributed by atoms with Crippen LogP contribution in [0.25, 0.3) is 0 Å². The smallest absolute Gasteiger partial charge is 0.151 e. The van der Waals surface area contributed by atoms with Gasteiger partial charge in [-0.3, -0.25) is 4.79 Å². The highest BCUT2D eigenvalue weighted by Gasteiger charge is 2.11. The minimum Gasteiger partial charge on any atom is -0.344 e. The Kier molecular flexibility index (Phi) is 3.28. The summed E-state index contributed by atoms with van der Waals surface area (Å²) in [5.41, 5.74) is 2.45. The number of hydrogen-bond acceptors (Lipinski definition) is 1. The van der Waals surface area contributed by atoms with Crippen LogP contribution in [0, 0.1) is 25.5 Å². The molecule has 0 aliphatic carbocycles. The number of aromatic nitrogens is 1. The molecule has 1 aromatic carbocycles. The molecule has 2 nitrogen and oxygen atoms in total. The highest BCUT2D eigenvalue weighted by molar-refractivity contribution is 5.77. The van der Waals surface area contributed by atoms with E-state index in [4.69, 9.17) is 0 Å². The minimum absolute atomic E-state index is 0.217. The van der Waals surface area contributed by atoms with Gasteiger partial charge in [0.1, 0.15) is 11.6 Å². The van der Waals surface area contributed by atoms with Crippen LogP contribution < -0.4 is 0 Å². The summed E-state index contributed by atoms with van der Waals surface area (Å²) in [4.78, 5) is 10.8. The van der Waals surface area contributed by atoms with E-state index in [-0.39, 0.29) is 12.1 Å². The van der Waals surface area contributed by atoms with Gasteiger partial charge in [0.2, 0.25) is 0 Å². The van der Waals surface area contributed by atoms with Crippen molar-refractivity contribution >= 4 is 6.29 Å². The molecule has 0 amide bonds. The van der Waals surface area contributed by atoms with Gasteiger partial charge in [0, 0.05) is 22.5 Å². The van der Waals surface area contributed by atoms with Gasteiger partial charge in [0.25, 0.3) is 0 Å². The van der Waals surface area contributed by atoms with Gasteiger partial charge in [-0.05, 0) is 38.1 Å². The average molecular weight is 249 g/mol. The third kappa shape index (κ3) is 2.18. The van der Waals surface area contributed by atoms with Crippen molar-refractivity contribution in [2.45, 2.75) is 20.4 Å². The molecule has 2 aromatic rings. The second-order valence-electron chi connectivity index (χ2n) is 4.27. The van der Waals surface area contributed by atoms with E-state index in [0.717, 1.165) is 29.8 Å². The Hall–Kier alpha value is -1.97. The van der Waals surface area contributed by atoms with Gasteiger partial charge in [-0.2, -0.15) is 0 Å². The summed E-state index contributed by atoms with van der Waals surface area (Å²) in [5, 5.41) is 0. The summed E-state index contributed by atoms with van der Waals surface area (Å²) in [7, 11) is 0. The normalized spacial score (nSPS) is 10.7. The van der Waals surface area contributed by atoms with Crippen molar-refractivity contribution in [1.29, 1.82) is 0 Å². The fraction of sp³-hybridized carbons (Fsp3) is 0.214. The van der Waals surface area contributed by atoms with Crippen LogP contribution in [0.2, 0.25) is 0 Å². The zero-order chi connectivity index (χ0) is 13.3. The zero-order valence-electron chi connectivity index (χ0n) is 10.2. The van der Waals surface area contributed by atoms with Crippen LogP contribution in [0.4, 0.5) is 8.78 Å². The van der Waals surface area contributed by atoms with Crippen LogP contribution in [-0.2, 0) is 6.54 Å². The number of halogens is 2. The van der Waals surface area contributed by atoms with Crippen molar-refractivity contribution in [3.05, 3.63) is 58.4 Å². The standard InChI is InChI=1S/C14H13F2NO/c1-9-5-12(8-18)10(2)17(9)7-11-6-13(15)3-4-14(11)16/h3-6,8H,7H2,1-2H3. The number of benzene rings is 1. The molecule has 0 radical (unpaired) electrons. The quantitative estimate of drug-likeness (QED) is 0.765. The van der Waals surface area contributed by atoms with Gasteiger partial charge < -0.3 is 4.57 Å². The summed E-state index contributed by atoms with van der Waals surface area (Å²) in [5.74, 6) is -0.916. The lowest BCUT2D eigenvalue weighted by Gasteiger charge is -2.10. The topological polar surface area (TPSA) is 22.0 Å². The first kappa shape index (κ1) is 12.5. The zero-order valence-corrected chi connectivity index (χ0v) is 10.2. The van der Waals surface area contributed by atoms with Crippen LogP contribution in [0.5, 0.6) is 0 Å². The first-order valence-corrected chi connectivity index (χ1v) is 5.58. The Morgan fingerprint density at radius 1 is 1.22 bits per heavy atom. The Morgan fingerprint density at radius 2 is 1.94 bits per heavy atom. The van der Waals surface area contributed by atoms with Gasteiger partial charge in [-0.25, -0.2) is 8.78 Å². The molecule has 0 aliphatic rings. The van der Waals surface area contributed by atoms with Gasteiger partial charge in [-0.15, -0.1) is 0 Å². The van der Waals surface area contributed by atoms with Crippen LogP contribution in [0.15, 0.2) is 24.3 Å². The lowest BCUT2D eigenvalue weighted by atomic mass is 10.2. The van der Waals surface area contributed by atoms with Crippen molar-refractivity contribution in [3.8, 4) is 0 Å². The molecule has 0 saturated carbocycles. The minimum atomic E-state index is -0.468. The predicted octanol–water partition coefficient (Wildman–Crippen LogP) is 3.24. The molecule has 0 atom stereocenters. The maximum Gasteiger partial charge on any atom is 0.151 e. The second kappa shape index (κ2) is 4.72. The molecule has 1 heterocycles. The van der Waals surface area contributed by atoms with Crippen molar-refractivity contribution < 1.29 is 13.6 Å². The van der Waals surface area contributed by atoms with Crippen LogP contribution in [0.3, 0.4) is 0 Å². The number of nitrogens with zero attached hydrogens (tertiary/aromatic N) is 1. The van der Waals surface area contributed by atoms with E-state index in [9.17, 15) is 13.6 Å². The average Bonchev–Trinajstić information content (AvgIpc) is 2.61. The molecule has 4 heteroatoms. The number of aldehydes is 1. The SMILES string of the molecule is Cc1cc(C=O)c(C)n1Cc1cc(F)ccc1F. The van der Waals surface area contributed by atoms with Gasteiger partial charge >= 0.3 is 0 Å². The Morgan fingerprint density at radius 3 is 2.56 bits per heavy atom. The molecule has 0 saturated heterocycles. The maximum atomic E-state index is 13.6. The van der Waals surface area contributed by atoms with Crippen molar-refractivity contribution in [2.24, 2.45) is 0 Å². The maximum absolute atomic E-state index is 13.6. The number of carbonyl (C=O) groups excluding carboxylic acids is 1. The monoisotopic (exact) mass is 249 g/mol. The third-order valence-electron chi connectivity index (χ3n) is 3.08. The molecular formula is C14H13F2NO. The van der Waals surface area contributed by atoms with Gasteiger partial charge in [-0.1, -0.05) is 0 Å². The lowest BCUT2D eigenvalue weighted by Crippen LogP contribution is -2.06. The van der Waals surface area contributed by atoms with Crippen molar-refractivity contribution in [3.63, 3.8) is 0 Å². The molecule has 0 spiro atoms. The fourth-order valence-corrected chi connectivity index (χ4v) is 2.03. The molecule has 94 valence electrons. The molecule has 0 unspecified atom stereocenters. The molecule has 0 bridgehead atoms. The Bertz CT molecular complexity index is 602. The van der Waals surface area contributed by atoms with Crippen LogP contribution >= 0.6 is 0 Å². The summed E-state index contributed by atoms with van der Waals surface area (Å²) >= 11 is 0. The second-order valence-corrected chi connectivity index (χ2v) is 4.27. The molecule has 0 aliphatic heterocycles. The summed E-state index contributed by atoms with van der Waals surface area (Å²) in [6.45, 7) is 3.83. The number of hydrogen-bond donors (Lipinski definition) is 0. The lowest BCUT2D eigenvalue weighted by molar-refractivity contribution is 0.112. The highest BCUT2D eigenvalue weighted by Crippen LogP contribution is 2.18. The summed E-state index contributed by atoms with van der Waals surface area (Å²) < 4.78 is 28.4. The van der Waals surface area contributed by atoms with Gasteiger partial charge in [0.15, 0.2) is 6.29 Å². The van der Waals surface area contributed by atoms with Crippen LogP contribution in [-0.4, -0.2) is 10.9 Å². The van der Waals surface area contributed by atoms with E-state index in [1.54, 1.807) is 17.6 Å². The third-order valence-corrected chi connectivity index (χ3v) is 3.08.